The predicted molar refractivity (Wildman–Crippen MR) is 146 cm³/mol. The quantitative estimate of drug-likeness (QED) is 0.273. The van der Waals surface area contributed by atoms with Crippen molar-refractivity contribution >= 4 is 28.0 Å². The number of carboxylic acids is 1. The van der Waals surface area contributed by atoms with Gasteiger partial charge in [0.15, 0.2) is 0 Å². The Hall–Kier alpha value is -4.35. The second kappa shape index (κ2) is 11.4. The van der Waals surface area contributed by atoms with Gasteiger partial charge < -0.3 is 19.1 Å². The smallest absolute Gasteiger partial charge is 0.335 e. The van der Waals surface area contributed by atoms with Crippen molar-refractivity contribution in [3.05, 3.63) is 77.2 Å². The van der Waals surface area contributed by atoms with Gasteiger partial charge in [-0.2, -0.15) is 0 Å². The van der Waals surface area contributed by atoms with Gasteiger partial charge in [0.25, 0.3) is 0 Å². The van der Waals surface area contributed by atoms with E-state index in [9.17, 15) is 9.90 Å². The van der Waals surface area contributed by atoms with E-state index >= 15 is 0 Å². The minimum absolute atomic E-state index is 0.255. The summed E-state index contributed by atoms with van der Waals surface area (Å²) in [7, 11) is 1.66. The predicted octanol–water partition coefficient (Wildman–Crippen LogP) is 4.27. The Kier molecular flexibility index (Phi) is 7.39. The summed E-state index contributed by atoms with van der Waals surface area (Å²) in [4.78, 5) is 23.6. The van der Waals surface area contributed by atoms with Crippen LogP contribution in [-0.2, 0) is 24.4 Å². The summed E-state index contributed by atoms with van der Waals surface area (Å²) >= 11 is 0. The molecule has 0 amide bonds. The lowest BCUT2D eigenvalue weighted by atomic mass is 9.93. The normalized spacial score (nSPS) is 14.7. The highest BCUT2D eigenvalue weighted by atomic mass is 16.6. The zero-order valence-corrected chi connectivity index (χ0v) is 22.2. The van der Waals surface area contributed by atoms with Crippen LogP contribution in [0.3, 0.4) is 0 Å². The zero-order chi connectivity index (χ0) is 27.5. The van der Waals surface area contributed by atoms with E-state index in [2.05, 4.69) is 25.8 Å². The summed E-state index contributed by atoms with van der Waals surface area (Å²) in [5, 5.41) is 17.2. The molecule has 3 aromatic heterocycles. The number of carboxylic acid groups (broad SMARTS) is 1. The van der Waals surface area contributed by atoms with Gasteiger partial charge in [0.1, 0.15) is 23.5 Å². The highest BCUT2D eigenvalue weighted by Gasteiger charge is 2.24. The van der Waals surface area contributed by atoms with E-state index in [-0.39, 0.29) is 5.56 Å². The molecule has 11 heteroatoms. The number of likely N-dealkylation sites (tertiary alicyclic amines) is 1. The third-order valence-corrected chi connectivity index (χ3v) is 7.41. The second-order valence-corrected chi connectivity index (χ2v) is 10.0. The second-order valence-electron chi connectivity index (χ2n) is 10.0. The van der Waals surface area contributed by atoms with E-state index in [0.29, 0.717) is 43.6 Å². The highest BCUT2D eigenvalue weighted by Crippen LogP contribution is 2.29. The maximum Gasteiger partial charge on any atom is 0.335 e. The fraction of sp³-hybridized carbons (Fsp3) is 0.345. The van der Waals surface area contributed by atoms with Crippen molar-refractivity contribution in [3.8, 4) is 5.88 Å². The van der Waals surface area contributed by atoms with E-state index in [1.807, 2.05) is 30.3 Å². The minimum Gasteiger partial charge on any atom is -0.478 e. The molecule has 0 aliphatic carbocycles. The van der Waals surface area contributed by atoms with Crippen LogP contribution in [-0.4, -0.2) is 67.6 Å². The standard InChI is InChI=1S/C29H30N6O5/c1-38-14-13-35-26-16-21(29(36)37)6-8-24(26)30-27(35)17-34-11-9-20(10-12-34)22-3-2-4-28(31-22)39-18-19-5-7-23-25(15-19)33-40-32-23/h2-8,15-16,20H,9-14,17-18H2,1H3,(H,36,37). The number of benzene rings is 2. The topological polar surface area (TPSA) is 129 Å². The number of aromatic nitrogens is 5. The molecule has 0 atom stereocenters. The van der Waals surface area contributed by atoms with Gasteiger partial charge in [0.2, 0.25) is 5.88 Å². The SMILES string of the molecule is COCCn1c(CN2CCC(c3cccc(OCc4ccc5nonc5c4)n3)CC2)nc2ccc(C(=O)O)cc21. The van der Waals surface area contributed by atoms with Crippen molar-refractivity contribution in [3.63, 3.8) is 0 Å². The number of hydrogen-bond donors (Lipinski definition) is 1. The average molecular weight is 543 g/mol. The Balaban J connectivity index is 1.09. The van der Waals surface area contributed by atoms with E-state index in [1.54, 1.807) is 25.3 Å². The first-order chi connectivity index (χ1) is 19.6. The fourth-order valence-corrected chi connectivity index (χ4v) is 5.26. The van der Waals surface area contributed by atoms with Crippen molar-refractivity contribution in [2.45, 2.75) is 38.5 Å². The largest absolute Gasteiger partial charge is 0.478 e. The maximum absolute atomic E-state index is 11.5. The summed E-state index contributed by atoms with van der Waals surface area (Å²) in [6, 6.07) is 16.7. The van der Waals surface area contributed by atoms with E-state index in [4.69, 9.17) is 24.1 Å². The molecule has 0 spiro atoms. The molecule has 1 saturated heterocycles. The average Bonchev–Trinajstić information content (AvgIpc) is 3.59. The van der Waals surface area contributed by atoms with Gasteiger partial charge in [-0.3, -0.25) is 4.90 Å². The lowest BCUT2D eigenvalue weighted by Crippen LogP contribution is -2.33. The molecule has 1 aliphatic rings. The molecule has 6 rings (SSSR count). The molecule has 1 N–H and O–H groups in total. The molecule has 1 fully saturated rings. The molecule has 0 unspecified atom stereocenters. The van der Waals surface area contributed by atoms with Crippen LogP contribution >= 0.6 is 0 Å². The number of rotatable bonds is 10. The van der Waals surface area contributed by atoms with Crippen LogP contribution in [0, 0.1) is 0 Å². The monoisotopic (exact) mass is 542 g/mol. The van der Waals surface area contributed by atoms with Crippen molar-refractivity contribution in [2.75, 3.05) is 26.8 Å². The van der Waals surface area contributed by atoms with Gasteiger partial charge in [0.05, 0.1) is 29.7 Å². The molecule has 2 aromatic carbocycles. The van der Waals surface area contributed by atoms with E-state index in [1.165, 1.54) is 0 Å². The van der Waals surface area contributed by atoms with Crippen molar-refractivity contribution in [1.29, 1.82) is 0 Å². The first kappa shape index (κ1) is 25.9. The van der Waals surface area contributed by atoms with E-state index in [0.717, 1.165) is 59.6 Å². The molecule has 0 bridgehead atoms. The number of aromatic carboxylic acids is 1. The zero-order valence-electron chi connectivity index (χ0n) is 22.2. The molecule has 4 heterocycles. The van der Waals surface area contributed by atoms with Crippen LogP contribution in [0.5, 0.6) is 5.88 Å². The molecule has 0 saturated carbocycles. The van der Waals surface area contributed by atoms with Gasteiger partial charge in [-0.05, 0) is 78.2 Å². The van der Waals surface area contributed by atoms with Crippen LogP contribution in [0.1, 0.15) is 46.2 Å². The summed E-state index contributed by atoms with van der Waals surface area (Å²) in [6.07, 6.45) is 1.96. The first-order valence-corrected chi connectivity index (χ1v) is 13.3. The molecule has 206 valence electrons. The van der Waals surface area contributed by atoms with Crippen LogP contribution < -0.4 is 4.74 Å². The van der Waals surface area contributed by atoms with Gasteiger partial charge in [0, 0.05) is 31.3 Å². The molecule has 1 aliphatic heterocycles. The minimum atomic E-state index is -0.946. The van der Waals surface area contributed by atoms with Gasteiger partial charge >= 0.3 is 5.97 Å². The number of nitrogens with zero attached hydrogens (tertiary/aromatic N) is 6. The Labute approximate surface area is 230 Å². The van der Waals surface area contributed by atoms with Crippen LogP contribution in [0.25, 0.3) is 22.1 Å². The molecule has 5 aromatic rings. The number of piperidine rings is 1. The fourth-order valence-electron chi connectivity index (χ4n) is 5.26. The molecular formula is C29H30N6O5. The number of imidazole rings is 1. The van der Waals surface area contributed by atoms with Crippen LogP contribution in [0.2, 0.25) is 0 Å². The summed E-state index contributed by atoms with van der Waals surface area (Å²) < 4.78 is 18.1. The van der Waals surface area contributed by atoms with E-state index < -0.39 is 5.97 Å². The summed E-state index contributed by atoms with van der Waals surface area (Å²) in [6.45, 7) is 4.04. The first-order valence-electron chi connectivity index (χ1n) is 13.3. The lowest BCUT2D eigenvalue weighted by molar-refractivity contribution is 0.0697. The summed E-state index contributed by atoms with van der Waals surface area (Å²) in [5.41, 5.74) is 5.31. The number of carbonyl (C=O) groups is 1. The Bertz CT molecular complexity index is 1640. The van der Waals surface area contributed by atoms with Gasteiger partial charge in [-0.1, -0.05) is 12.1 Å². The van der Waals surface area contributed by atoms with Gasteiger partial charge in [-0.15, -0.1) is 0 Å². The number of ether oxygens (including phenoxy) is 2. The Morgan fingerprint density at radius 1 is 1.02 bits per heavy atom. The van der Waals surface area contributed by atoms with Crippen molar-refractivity contribution in [1.82, 2.24) is 29.7 Å². The molecule has 11 nitrogen and oxygen atoms in total. The number of fused-ring (bicyclic) bond motifs is 2. The summed E-state index contributed by atoms with van der Waals surface area (Å²) in [5.74, 6) is 0.925. The molecule has 0 radical (unpaired) electrons. The van der Waals surface area contributed by atoms with Crippen LogP contribution in [0.4, 0.5) is 0 Å². The maximum atomic E-state index is 11.5. The number of pyridine rings is 1. The highest BCUT2D eigenvalue weighted by molar-refractivity contribution is 5.92. The third kappa shape index (κ3) is 5.51. The third-order valence-electron chi connectivity index (χ3n) is 7.41. The van der Waals surface area contributed by atoms with Crippen molar-refractivity contribution in [2.24, 2.45) is 0 Å². The Morgan fingerprint density at radius 2 is 1.85 bits per heavy atom. The number of methoxy groups -OCH3 is 1. The molecule has 40 heavy (non-hydrogen) atoms. The lowest BCUT2D eigenvalue weighted by Gasteiger charge is -2.31. The Morgan fingerprint density at radius 3 is 2.67 bits per heavy atom. The molecular weight excluding hydrogens is 512 g/mol. The van der Waals surface area contributed by atoms with Crippen molar-refractivity contribution < 1.29 is 24.0 Å². The van der Waals surface area contributed by atoms with Crippen LogP contribution in [0.15, 0.2) is 59.2 Å². The van der Waals surface area contributed by atoms with Gasteiger partial charge in [-0.25, -0.2) is 19.4 Å². The number of hydrogen-bond acceptors (Lipinski definition) is 9.